The molecule has 0 aliphatic rings. The Balaban J connectivity index is 2.13. The SMILES string of the molecule is CCC(C)C(c1ccc(C(F)(F)P(=O)(O)O)c(Br)c1)n1ccc2ccccc21. The molecule has 0 saturated carbocycles. The van der Waals surface area contributed by atoms with Crippen LogP contribution in [0, 0.1) is 5.92 Å². The van der Waals surface area contributed by atoms with Crippen molar-refractivity contribution in [1.82, 2.24) is 4.57 Å². The number of hydrogen-bond donors (Lipinski definition) is 2. The first kappa shape index (κ1) is 21.2. The van der Waals surface area contributed by atoms with E-state index < -0.39 is 18.8 Å². The summed E-state index contributed by atoms with van der Waals surface area (Å²) in [5, 5.41) is 1.08. The molecule has 3 aromatic rings. The van der Waals surface area contributed by atoms with E-state index in [9.17, 15) is 13.3 Å². The lowest BCUT2D eigenvalue weighted by Gasteiger charge is -2.28. The predicted molar refractivity (Wildman–Crippen MR) is 110 cm³/mol. The molecule has 1 aromatic heterocycles. The standard InChI is InChI=1S/C20H21BrF2NO3P/c1-3-13(2)19(24-11-10-14-6-4-5-7-18(14)24)15-8-9-16(17(21)12-15)20(22,23)28(25,26)27/h4-13,19H,3H2,1-2H3,(H2,25,26,27). The van der Waals surface area contributed by atoms with Gasteiger partial charge in [0.15, 0.2) is 0 Å². The van der Waals surface area contributed by atoms with E-state index in [1.54, 1.807) is 0 Å². The van der Waals surface area contributed by atoms with Gasteiger partial charge in [-0.2, -0.15) is 8.78 Å². The number of alkyl halides is 2. The van der Waals surface area contributed by atoms with Gasteiger partial charge in [0, 0.05) is 21.7 Å². The van der Waals surface area contributed by atoms with Gasteiger partial charge in [0.05, 0.1) is 6.04 Å². The van der Waals surface area contributed by atoms with Crippen molar-refractivity contribution in [3.8, 4) is 0 Å². The Labute approximate surface area is 170 Å². The molecule has 0 amide bonds. The Bertz CT molecular complexity index is 1050. The van der Waals surface area contributed by atoms with Gasteiger partial charge < -0.3 is 14.4 Å². The smallest absolute Gasteiger partial charge is 0.340 e. The van der Waals surface area contributed by atoms with Crippen molar-refractivity contribution in [2.45, 2.75) is 32.0 Å². The quantitative estimate of drug-likeness (QED) is 0.416. The third-order valence-electron chi connectivity index (χ3n) is 5.14. The summed E-state index contributed by atoms with van der Waals surface area (Å²) in [6.07, 6.45) is 2.85. The van der Waals surface area contributed by atoms with Crippen molar-refractivity contribution < 1.29 is 23.1 Å². The van der Waals surface area contributed by atoms with E-state index in [1.165, 1.54) is 12.1 Å². The summed E-state index contributed by atoms with van der Waals surface area (Å²) in [5.41, 5.74) is -3.15. The molecule has 4 nitrogen and oxygen atoms in total. The number of benzene rings is 2. The highest BCUT2D eigenvalue weighted by Crippen LogP contribution is 2.60. The van der Waals surface area contributed by atoms with E-state index in [1.807, 2.05) is 36.5 Å². The number of aromatic nitrogens is 1. The Kier molecular flexibility index (Phi) is 5.84. The molecule has 2 aromatic carbocycles. The van der Waals surface area contributed by atoms with Crippen molar-refractivity contribution >= 4 is 34.4 Å². The fourth-order valence-electron chi connectivity index (χ4n) is 3.45. The highest BCUT2D eigenvalue weighted by atomic mass is 79.9. The van der Waals surface area contributed by atoms with Crippen LogP contribution in [0.15, 0.2) is 59.2 Å². The lowest BCUT2D eigenvalue weighted by molar-refractivity contribution is 0.0557. The van der Waals surface area contributed by atoms with Crippen LogP contribution >= 0.6 is 23.5 Å². The third-order valence-corrected chi connectivity index (χ3v) is 6.77. The van der Waals surface area contributed by atoms with Gasteiger partial charge in [-0.3, -0.25) is 4.57 Å². The molecule has 0 aliphatic carbocycles. The number of rotatable bonds is 6. The number of halogens is 3. The summed E-state index contributed by atoms with van der Waals surface area (Å²) in [7, 11) is -5.63. The Morgan fingerprint density at radius 2 is 1.86 bits per heavy atom. The molecule has 2 N–H and O–H groups in total. The first-order chi connectivity index (χ1) is 13.1. The van der Waals surface area contributed by atoms with E-state index in [2.05, 4.69) is 34.3 Å². The maximum atomic E-state index is 14.2. The Morgan fingerprint density at radius 3 is 2.46 bits per heavy atom. The second-order valence-electron chi connectivity index (χ2n) is 6.94. The average molecular weight is 472 g/mol. The highest BCUT2D eigenvalue weighted by Gasteiger charge is 2.51. The van der Waals surface area contributed by atoms with Gasteiger partial charge in [-0.25, -0.2) is 0 Å². The van der Waals surface area contributed by atoms with E-state index >= 15 is 0 Å². The van der Waals surface area contributed by atoms with Crippen LogP contribution in [-0.2, 0) is 10.2 Å². The molecule has 0 spiro atoms. The predicted octanol–water partition coefficient (Wildman–Crippen LogP) is 6.27. The van der Waals surface area contributed by atoms with Gasteiger partial charge in [0.2, 0.25) is 0 Å². The number of nitrogens with zero attached hydrogens (tertiary/aromatic N) is 1. The van der Waals surface area contributed by atoms with Gasteiger partial charge in [-0.1, -0.05) is 66.5 Å². The summed E-state index contributed by atoms with van der Waals surface area (Å²) in [5.74, 6) is 0.204. The maximum absolute atomic E-state index is 14.2. The molecule has 150 valence electrons. The Hall–Kier alpha value is -1.53. The zero-order valence-electron chi connectivity index (χ0n) is 15.4. The molecule has 2 unspecified atom stereocenters. The summed E-state index contributed by atoms with van der Waals surface area (Å²) in [4.78, 5) is 18.1. The van der Waals surface area contributed by atoms with Gasteiger partial charge in [-0.05, 0) is 35.1 Å². The summed E-state index contributed by atoms with van der Waals surface area (Å²) in [6, 6.07) is 14.0. The molecule has 28 heavy (non-hydrogen) atoms. The second kappa shape index (κ2) is 7.71. The second-order valence-corrected chi connectivity index (χ2v) is 9.44. The number of hydrogen-bond acceptors (Lipinski definition) is 1. The molecule has 8 heteroatoms. The number of fused-ring (bicyclic) bond motifs is 1. The van der Waals surface area contributed by atoms with Gasteiger partial charge >= 0.3 is 13.3 Å². The normalized spacial score (nSPS) is 15.0. The van der Waals surface area contributed by atoms with Crippen LogP contribution < -0.4 is 0 Å². The molecular formula is C20H21BrF2NO3P. The Morgan fingerprint density at radius 1 is 1.18 bits per heavy atom. The molecule has 0 bridgehead atoms. The van der Waals surface area contributed by atoms with Crippen LogP contribution in [0.3, 0.4) is 0 Å². The van der Waals surface area contributed by atoms with Crippen molar-refractivity contribution in [1.29, 1.82) is 0 Å². The molecule has 2 atom stereocenters. The molecule has 0 aliphatic heterocycles. The zero-order chi connectivity index (χ0) is 20.7. The molecule has 1 heterocycles. The van der Waals surface area contributed by atoms with Crippen LogP contribution in [0.2, 0.25) is 0 Å². The van der Waals surface area contributed by atoms with Gasteiger partial charge in [-0.15, -0.1) is 0 Å². The van der Waals surface area contributed by atoms with E-state index in [0.717, 1.165) is 29.0 Å². The van der Waals surface area contributed by atoms with Crippen LogP contribution in [0.4, 0.5) is 8.78 Å². The van der Waals surface area contributed by atoms with Crippen LogP contribution in [0.1, 0.15) is 37.4 Å². The van der Waals surface area contributed by atoms with Crippen LogP contribution in [-0.4, -0.2) is 14.4 Å². The molecule has 0 fully saturated rings. The summed E-state index contributed by atoms with van der Waals surface area (Å²) < 4.78 is 41.7. The van der Waals surface area contributed by atoms with Crippen molar-refractivity contribution in [2.24, 2.45) is 5.92 Å². The van der Waals surface area contributed by atoms with Crippen molar-refractivity contribution in [2.75, 3.05) is 0 Å². The number of para-hydroxylation sites is 1. The topological polar surface area (TPSA) is 62.5 Å². The van der Waals surface area contributed by atoms with E-state index in [-0.39, 0.29) is 16.4 Å². The molecule has 3 rings (SSSR count). The lowest BCUT2D eigenvalue weighted by Crippen LogP contribution is -2.19. The monoisotopic (exact) mass is 471 g/mol. The fraction of sp³-hybridized carbons (Fsp3) is 0.300. The first-order valence-electron chi connectivity index (χ1n) is 8.87. The minimum absolute atomic E-state index is 0.0249. The molecule has 0 saturated heterocycles. The van der Waals surface area contributed by atoms with Crippen LogP contribution in [0.5, 0.6) is 0 Å². The largest absolute Gasteiger partial charge is 0.399 e. The minimum atomic E-state index is -5.63. The first-order valence-corrected chi connectivity index (χ1v) is 11.3. The zero-order valence-corrected chi connectivity index (χ0v) is 17.9. The average Bonchev–Trinajstić information content (AvgIpc) is 3.04. The highest BCUT2D eigenvalue weighted by molar-refractivity contribution is 9.10. The van der Waals surface area contributed by atoms with Crippen molar-refractivity contribution in [3.63, 3.8) is 0 Å². The summed E-state index contributed by atoms with van der Waals surface area (Å²) >= 11 is 3.10. The minimum Gasteiger partial charge on any atom is -0.340 e. The van der Waals surface area contributed by atoms with Gasteiger partial charge in [0.1, 0.15) is 0 Å². The van der Waals surface area contributed by atoms with Crippen LogP contribution in [0.25, 0.3) is 10.9 Å². The van der Waals surface area contributed by atoms with E-state index in [0.29, 0.717) is 0 Å². The molecule has 0 radical (unpaired) electrons. The maximum Gasteiger partial charge on any atom is 0.399 e. The fourth-order valence-corrected chi connectivity index (χ4v) is 4.76. The van der Waals surface area contributed by atoms with Crippen molar-refractivity contribution in [3.05, 3.63) is 70.3 Å². The third kappa shape index (κ3) is 3.69. The van der Waals surface area contributed by atoms with E-state index in [4.69, 9.17) is 9.79 Å². The summed E-state index contributed by atoms with van der Waals surface area (Å²) in [6.45, 7) is 4.15. The van der Waals surface area contributed by atoms with Gasteiger partial charge in [0.25, 0.3) is 0 Å². The molecular weight excluding hydrogens is 451 g/mol. The lowest BCUT2D eigenvalue weighted by atomic mass is 9.91.